The molecule has 0 aliphatic heterocycles. The molecule has 0 radical (unpaired) electrons. The van der Waals surface area contributed by atoms with Gasteiger partial charge in [0.15, 0.2) is 0 Å². The minimum Gasteiger partial charge on any atom is -0.393 e. The van der Waals surface area contributed by atoms with Crippen molar-refractivity contribution in [2.75, 3.05) is 6.54 Å². The van der Waals surface area contributed by atoms with Gasteiger partial charge in [-0.1, -0.05) is 6.42 Å². The summed E-state index contributed by atoms with van der Waals surface area (Å²) < 4.78 is 0. The summed E-state index contributed by atoms with van der Waals surface area (Å²) in [6, 6.07) is 0. The van der Waals surface area contributed by atoms with Gasteiger partial charge < -0.3 is 15.4 Å². The number of nitrogens with zero attached hydrogens (tertiary/aromatic N) is 1. The van der Waals surface area contributed by atoms with Crippen molar-refractivity contribution in [1.82, 2.24) is 15.3 Å². The van der Waals surface area contributed by atoms with Crippen LogP contribution in [-0.4, -0.2) is 33.6 Å². The molecule has 1 aromatic rings. The Morgan fingerprint density at radius 2 is 2.19 bits per heavy atom. The monoisotopic (exact) mass is 293 g/mol. The summed E-state index contributed by atoms with van der Waals surface area (Å²) in [7, 11) is 0. The summed E-state index contributed by atoms with van der Waals surface area (Å²) in [6.07, 6.45) is 3.69. The topological polar surface area (TPSA) is 95.1 Å². The minimum atomic E-state index is -0.384. The van der Waals surface area contributed by atoms with Crippen LogP contribution in [0.4, 0.5) is 0 Å². The number of carbonyl (C=O) groups excluding carboxylic acids is 1. The first-order valence-electron chi connectivity index (χ1n) is 7.47. The van der Waals surface area contributed by atoms with Gasteiger partial charge in [0.2, 0.25) is 5.91 Å². The third kappa shape index (κ3) is 4.39. The molecule has 1 aromatic heterocycles. The third-order valence-corrected chi connectivity index (χ3v) is 4.13. The highest BCUT2D eigenvalue weighted by atomic mass is 16.3. The van der Waals surface area contributed by atoms with E-state index in [0.717, 1.165) is 31.2 Å². The third-order valence-electron chi connectivity index (χ3n) is 4.13. The average molecular weight is 293 g/mol. The van der Waals surface area contributed by atoms with E-state index in [-0.39, 0.29) is 24.1 Å². The van der Waals surface area contributed by atoms with Crippen LogP contribution in [0.2, 0.25) is 0 Å². The lowest BCUT2D eigenvalue weighted by atomic mass is 9.87. The lowest BCUT2D eigenvalue weighted by Gasteiger charge is -2.25. The zero-order valence-corrected chi connectivity index (χ0v) is 12.6. The number of aromatic nitrogens is 2. The second-order valence-electron chi connectivity index (χ2n) is 5.90. The molecule has 1 aliphatic carbocycles. The van der Waals surface area contributed by atoms with Crippen LogP contribution in [0.3, 0.4) is 0 Å². The predicted octanol–water partition coefficient (Wildman–Crippen LogP) is 0.597. The van der Waals surface area contributed by atoms with E-state index in [1.165, 1.54) is 0 Å². The van der Waals surface area contributed by atoms with Gasteiger partial charge in [0.1, 0.15) is 0 Å². The molecule has 3 N–H and O–H groups in total. The highest BCUT2D eigenvalue weighted by Gasteiger charge is 2.20. The molecule has 21 heavy (non-hydrogen) atoms. The molecule has 1 aliphatic rings. The van der Waals surface area contributed by atoms with Crippen LogP contribution in [0.25, 0.3) is 0 Å². The number of nitrogens with one attached hydrogen (secondary N) is 2. The number of H-pyrrole nitrogens is 1. The number of rotatable bonds is 4. The Kier molecular flexibility index (Phi) is 5.12. The Balaban J connectivity index is 1.89. The molecule has 0 aromatic carbocycles. The molecule has 6 heteroatoms. The smallest absolute Gasteiger partial charge is 0.345 e. The molecule has 2 rings (SSSR count). The lowest BCUT2D eigenvalue weighted by molar-refractivity contribution is -0.120. The number of aliphatic hydroxyl groups excluding tert-OH is 1. The van der Waals surface area contributed by atoms with Crippen molar-refractivity contribution in [2.24, 2.45) is 5.92 Å². The van der Waals surface area contributed by atoms with Crippen LogP contribution < -0.4 is 11.0 Å². The normalized spacial score (nSPS) is 22.0. The maximum atomic E-state index is 12.0. The zero-order valence-electron chi connectivity index (χ0n) is 12.6. The van der Waals surface area contributed by atoms with E-state index < -0.39 is 0 Å². The molecule has 0 saturated heterocycles. The summed E-state index contributed by atoms with van der Waals surface area (Å²) in [4.78, 5) is 29.7. The van der Waals surface area contributed by atoms with Crippen LogP contribution >= 0.6 is 0 Å². The predicted molar refractivity (Wildman–Crippen MR) is 79.0 cm³/mol. The molecule has 1 heterocycles. The molecule has 116 valence electrons. The van der Waals surface area contributed by atoms with Gasteiger partial charge in [-0.25, -0.2) is 4.79 Å². The van der Waals surface area contributed by atoms with Crippen LogP contribution in [-0.2, 0) is 11.2 Å². The summed E-state index contributed by atoms with van der Waals surface area (Å²) in [5, 5.41) is 12.5. The first-order chi connectivity index (χ1) is 9.95. The largest absolute Gasteiger partial charge is 0.393 e. The van der Waals surface area contributed by atoms with Crippen LogP contribution in [0.1, 0.15) is 42.6 Å². The van der Waals surface area contributed by atoms with Gasteiger partial charge in [-0.05, 0) is 39.0 Å². The maximum absolute atomic E-state index is 12.0. The molecule has 2 unspecified atom stereocenters. The van der Waals surface area contributed by atoms with Crippen molar-refractivity contribution in [2.45, 2.75) is 52.1 Å². The minimum absolute atomic E-state index is 0.0740. The Labute approximate surface area is 124 Å². The Morgan fingerprint density at radius 3 is 2.86 bits per heavy atom. The molecule has 0 spiro atoms. The van der Waals surface area contributed by atoms with Crippen molar-refractivity contribution in [1.29, 1.82) is 0 Å². The number of aliphatic hydroxyl groups is 1. The summed E-state index contributed by atoms with van der Waals surface area (Å²) >= 11 is 0. The fourth-order valence-corrected chi connectivity index (χ4v) is 2.94. The van der Waals surface area contributed by atoms with E-state index in [1.807, 2.05) is 0 Å². The Morgan fingerprint density at radius 1 is 1.43 bits per heavy atom. The summed E-state index contributed by atoms with van der Waals surface area (Å²) in [5.74, 6) is 0.281. The van der Waals surface area contributed by atoms with Gasteiger partial charge in [-0.2, -0.15) is 4.98 Å². The van der Waals surface area contributed by atoms with Crippen LogP contribution in [0, 0.1) is 19.8 Å². The van der Waals surface area contributed by atoms with Gasteiger partial charge in [0.05, 0.1) is 12.5 Å². The van der Waals surface area contributed by atoms with E-state index in [4.69, 9.17) is 0 Å². The highest BCUT2D eigenvalue weighted by Crippen LogP contribution is 2.23. The van der Waals surface area contributed by atoms with Gasteiger partial charge in [-0.3, -0.25) is 4.79 Å². The second kappa shape index (κ2) is 6.85. The molecule has 2 atom stereocenters. The fourth-order valence-electron chi connectivity index (χ4n) is 2.94. The maximum Gasteiger partial charge on any atom is 0.345 e. The van der Waals surface area contributed by atoms with E-state index in [2.05, 4.69) is 15.3 Å². The zero-order chi connectivity index (χ0) is 15.4. The second-order valence-corrected chi connectivity index (χ2v) is 5.90. The number of aromatic amines is 1. The van der Waals surface area contributed by atoms with Crippen molar-refractivity contribution in [3.8, 4) is 0 Å². The molecular formula is C15H23N3O3. The van der Waals surface area contributed by atoms with E-state index >= 15 is 0 Å². The van der Waals surface area contributed by atoms with Gasteiger partial charge >= 0.3 is 5.69 Å². The Bertz CT molecular complexity index is 542. The van der Waals surface area contributed by atoms with Crippen LogP contribution in [0.5, 0.6) is 0 Å². The van der Waals surface area contributed by atoms with E-state index in [9.17, 15) is 14.7 Å². The number of hydrogen-bond donors (Lipinski definition) is 3. The number of hydrogen-bond acceptors (Lipinski definition) is 4. The van der Waals surface area contributed by atoms with Gasteiger partial charge in [-0.15, -0.1) is 0 Å². The highest BCUT2D eigenvalue weighted by molar-refractivity contribution is 5.79. The molecule has 1 fully saturated rings. The molecule has 6 nitrogen and oxygen atoms in total. The van der Waals surface area contributed by atoms with Crippen molar-refractivity contribution in [3.63, 3.8) is 0 Å². The Hall–Kier alpha value is -1.69. The fraction of sp³-hybridized carbons (Fsp3) is 0.667. The number of amides is 1. The lowest BCUT2D eigenvalue weighted by Crippen LogP contribution is -2.34. The van der Waals surface area contributed by atoms with Crippen molar-refractivity contribution in [3.05, 3.63) is 27.4 Å². The number of carbonyl (C=O) groups is 1. The van der Waals surface area contributed by atoms with Crippen molar-refractivity contribution >= 4 is 5.91 Å². The first-order valence-corrected chi connectivity index (χ1v) is 7.47. The molecule has 1 saturated carbocycles. The molecule has 1 amide bonds. The van der Waals surface area contributed by atoms with Crippen molar-refractivity contribution < 1.29 is 9.90 Å². The van der Waals surface area contributed by atoms with E-state index in [1.54, 1.807) is 13.8 Å². The summed E-state index contributed by atoms with van der Waals surface area (Å²) in [6.45, 7) is 4.11. The number of aryl methyl sites for hydroxylation is 2. The SMILES string of the molecule is Cc1nc(=O)[nH]c(C)c1CC(=O)NCC1CCCC(O)C1. The van der Waals surface area contributed by atoms with Gasteiger partial charge in [0, 0.05) is 23.5 Å². The van der Waals surface area contributed by atoms with Crippen LogP contribution in [0.15, 0.2) is 4.79 Å². The standard InChI is InChI=1S/C15H23N3O3/c1-9-13(10(2)18-15(21)17-9)7-14(20)16-8-11-4-3-5-12(19)6-11/h11-12,19H,3-8H2,1-2H3,(H,16,20)(H,17,18,21). The quantitative estimate of drug-likeness (QED) is 0.757. The average Bonchev–Trinajstić information content (AvgIpc) is 2.40. The molecular weight excluding hydrogens is 270 g/mol. The first kappa shape index (κ1) is 15.7. The molecule has 0 bridgehead atoms. The van der Waals surface area contributed by atoms with E-state index in [0.29, 0.717) is 23.9 Å². The van der Waals surface area contributed by atoms with Gasteiger partial charge in [0.25, 0.3) is 0 Å². The summed E-state index contributed by atoms with van der Waals surface area (Å²) in [5.41, 5.74) is 1.68.